The van der Waals surface area contributed by atoms with E-state index in [1.54, 1.807) is 6.92 Å². The van der Waals surface area contributed by atoms with Crippen molar-refractivity contribution in [2.45, 2.75) is 164 Å². The number of cyclic esters (lactones) is 2. The molecule has 115 heavy (non-hydrogen) atoms. The lowest BCUT2D eigenvalue weighted by molar-refractivity contribution is -0.234. The third kappa shape index (κ3) is 23.8. The highest BCUT2D eigenvalue weighted by Gasteiger charge is 2.83. The topological polar surface area (TPSA) is 669 Å². The number of nitrogens with zero attached hydrogens (tertiary/aromatic N) is 3. The van der Waals surface area contributed by atoms with Crippen LogP contribution in [0.15, 0.2) is 71.2 Å². The molecule has 1 aromatic carbocycles. The molecule has 622 valence electrons. The Labute approximate surface area is 660 Å². The van der Waals surface area contributed by atoms with Crippen LogP contribution in [0.1, 0.15) is 107 Å². The third-order valence-corrected chi connectivity index (χ3v) is 22.1. The number of aliphatic carboxylic acids is 5. The summed E-state index contributed by atoms with van der Waals surface area (Å²) in [7, 11) is 1.72. The second kappa shape index (κ2) is 40.1. The Morgan fingerprint density at radius 3 is 1.97 bits per heavy atom. The van der Waals surface area contributed by atoms with Gasteiger partial charge in [0, 0.05) is 65.6 Å². The molecule has 19 N–H and O–H groups in total. The number of benzene rings is 1. The normalized spacial score (nSPS) is 23.7. The summed E-state index contributed by atoms with van der Waals surface area (Å²) in [5.74, 6) is -20.8. The number of amides is 6. The molecule has 45 heteroatoms. The number of nitrogens with one attached hydrogen (secondary N) is 10. The zero-order valence-corrected chi connectivity index (χ0v) is 63.6. The van der Waals surface area contributed by atoms with E-state index in [4.69, 9.17) is 50.0 Å². The number of anilines is 2. The van der Waals surface area contributed by atoms with Crippen molar-refractivity contribution in [1.29, 1.82) is 5.41 Å². The van der Waals surface area contributed by atoms with Crippen LogP contribution < -0.4 is 59.6 Å². The molecule has 2 spiro atoms. The Morgan fingerprint density at radius 1 is 0.748 bits per heavy atom. The minimum atomic E-state index is -2.22. The molecule has 5 aliphatic rings. The number of epoxide rings is 1. The maximum Gasteiger partial charge on any atom is 0.509 e. The SMILES string of the molecule is CC1=C[C@H]2O[C@@H]3C[C@H]4OC(=O)/C=C\C=C\C(=O)OCC[C@@H](C)[C@H](OC(=O)OCCSSC[C@H](NC(=O)[C@H](CC(=O)O)NC(=O)[C@H](CC(=O)O)NC(=O)[C@H](CCCNC(=N)N)NC(=O)[C@H](CC(=O)O)NC(=O)CC[C@H](NC(=O)c5ccc(NCc6cnc7nc(N)[nH]c(=O)c7n6)cc5)C(=O)O)C(=O)O)C(=O)OC[C@@]2(CC1)[C@]4(C)[C@]31CO1. The van der Waals surface area contributed by atoms with Gasteiger partial charge in [0.25, 0.3) is 11.5 Å². The number of rotatable bonds is 36. The summed E-state index contributed by atoms with van der Waals surface area (Å²) in [6.07, 6.45) is -1.11. The van der Waals surface area contributed by atoms with Crippen molar-refractivity contribution in [3.63, 3.8) is 0 Å². The molecule has 3 fully saturated rings. The summed E-state index contributed by atoms with van der Waals surface area (Å²) in [4.78, 5) is 224. The average molecular weight is 1650 g/mol. The first-order chi connectivity index (χ1) is 54.5. The number of fused-ring (bicyclic) bond motifs is 1. The molecule has 3 aromatic rings. The van der Waals surface area contributed by atoms with Gasteiger partial charge >= 0.3 is 53.9 Å². The van der Waals surface area contributed by atoms with E-state index in [0.29, 0.717) is 24.2 Å². The van der Waals surface area contributed by atoms with Crippen molar-refractivity contribution in [2.24, 2.45) is 22.5 Å². The van der Waals surface area contributed by atoms with Gasteiger partial charge in [0.05, 0.1) is 68.5 Å². The van der Waals surface area contributed by atoms with Crippen molar-refractivity contribution < 1.29 is 131 Å². The summed E-state index contributed by atoms with van der Waals surface area (Å²) in [6, 6.07) is -6.28. The fourth-order valence-electron chi connectivity index (χ4n) is 13.5. The Kier molecular flexibility index (Phi) is 30.9. The highest BCUT2D eigenvalue weighted by molar-refractivity contribution is 8.76. The molecule has 3 aliphatic heterocycles. The number of guanidine groups is 1. The Morgan fingerprint density at radius 2 is 1.36 bits per heavy atom. The van der Waals surface area contributed by atoms with Gasteiger partial charge in [-0.3, -0.25) is 58.3 Å². The van der Waals surface area contributed by atoms with Crippen molar-refractivity contribution in [3.05, 3.63) is 88.0 Å². The molecule has 43 nitrogen and oxygen atoms in total. The number of aromatic nitrogens is 4. The fourth-order valence-corrected chi connectivity index (χ4v) is 15.5. The predicted octanol–water partition coefficient (Wildman–Crippen LogP) is -1.21. The number of allylic oxidation sites excluding steroid dienone is 3. The number of hydrogen-bond acceptors (Lipinski definition) is 31. The zero-order valence-electron chi connectivity index (χ0n) is 62.0. The van der Waals surface area contributed by atoms with E-state index in [9.17, 15) is 102 Å². The number of nitrogen functional groups attached to an aromatic ring is 1. The van der Waals surface area contributed by atoms with E-state index in [-0.39, 0.29) is 80.6 Å². The van der Waals surface area contributed by atoms with Crippen LogP contribution in [0.5, 0.6) is 0 Å². The molecule has 2 aliphatic carbocycles. The first-order valence-electron chi connectivity index (χ1n) is 35.8. The minimum Gasteiger partial charge on any atom is -0.481 e. The number of esters is 3. The third-order valence-electron chi connectivity index (χ3n) is 19.7. The van der Waals surface area contributed by atoms with Crippen LogP contribution in [-0.2, 0) is 102 Å². The number of carboxylic acids is 5. The van der Waals surface area contributed by atoms with Crippen molar-refractivity contribution in [2.75, 3.05) is 55.5 Å². The van der Waals surface area contributed by atoms with E-state index in [2.05, 4.69) is 57.2 Å². The van der Waals surface area contributed by atoms with Crippen LogP contribution in [-0.4, -0.2) is 252 Å². The van der Waals surface area contributed by atoms with Crippen LogP contribution in [0, 0.1) is 22.2 Å². The maximum absolute atomic E-state index is 14.3. The molecule has 2 bridgehead atoms. The Hall–Kier alpha value is -12.0. The number of H-pyrrole nitrogens is 1. The van der Waals surface area contributed by atoms with Crippen molar-refractivity contribution >= 4 is 140 Å². The molecular formula is C70H87N15O28S2. The van der Waals surface area contributed by atoms with E-state index >= 15 is 0 Å². The number of aromatic amines is 1. The van der Waals surface area contributed by atoms with Gasteiger partial charge in [-0.05, 0) is 69.7 Å². The van der Waals surface area contributed by atoms with Gasteiger partial charge in [0.2, 0.25) is 41.6 Å². The van der Waals surface area contributed by atoms with Gasteiger partial charge < -0.3 is 113 Å². The molecule has 5 heterocycles. The average Bonchev–Trinajstić information content (AvgIpc) is 1.48. The van der Waals surface area contributed by atoms with Crippen molar-refractivity contribution in [3.8, 4) is 0 Å². The molecule has 2 saturated heterocycles. The van der Waals surface area contributed by atoms with Gasteiger partial charge in [-0.2, -0.15) is 4.98 Å². The zero-order chi connectivity index (χ0) is 84.1. The number of carbonyl (C=O) groups excluding carboxylic acids is 10. The second-order valence-electron chi connectivity index (χ2n) is 27.6. The van der Waals surface area contributed by atoms with Gasteiger partial charge in [-0.25, -0.2) is 38.7 Å². The quantitative estimate of drug-likeness (QED) is 0.00475. The summed E-state index contributed by atoms with van der Waals surface area (Å²) in [5, 5.41) is 75.3. The lowest BCUT2D eigenvalue weighted by Crippen LogP contribution is -2.67. The summed E-state index contributed by atoms with van der Waals surface area (Å²) in [6.45, 7) is 4.66. The lowest BCUT2D eigenvalue weighted by Gasteiger charge is -2.58. The van der Waals surface area contributed by atoms with Gasteiger partial charge in [-0.1, -0.05) is 59.2 Å². The van der Waals surface area contributed by atoms with Crippen LogP contribution in [0.4, 0.5) is 16.4 Å². The van der Waals surface area contributed by atoms with Gasteiger partial charge in [0.15, 0.2) is 17.1 Å². The molecule has 14 atom stereocenters. The predicted molar refractivity (Wildman–Crippen MR) is 398 cm³/mol. The van der Waals surface area contributed by atoms with Crippen LogP contribution >= 0.6 is 21.6 Å². The summed E-state index contributed by atoms with van der Waals surface area (Å²) in [5.41, 5.74) is 9.22. The molecular weight excluding hydrogens is 1560 g/mol. The number of ether oxygens (including phenoxy) is 7. The van der Waals surface area contributed by atoms with Crippen LogP contribution in [0.2, 0.25) is 0 Å². The first-order valence-corrected chi connectivity index (χ1v) is 38.3. The highest BCUT2D eigenvalue weighted by atomic mass is 33.1. The first kappa shape index (κ1) is 88.6. The van der Waals surface area contributed by atoms with Gasteiger partial charge in [0.1, 0.15) is 61.2 Å². The molecule has 1 saturated carbocycles. The molecule has 6 amide bonds. The van der Waals surface area contributed by atoms with E-state index in [0.717, 1.165) is 33.2 Å². The van der Waals surface area contributed by atoms with E-state index < -0.39 is 235 Å². The van der Waals surface area contributed by atoms with E-state index in [1.807, 2.05) is 25.2 Å². The van der Waals surface area contributed by atoms with Crippen LogP contribution in [0.3, 0.4) is 0 Å². The lowest BCUT2D eigenvalue weighted by atomic mass is 9.51. The maximum atomic E-state index is 14.3. The smallest absolute Gasteiger partial charge is 0.481 e. The summed E-state index contributed by atoms with van der Waals surface area (Å²) >= 11 is 0. The van der Waals surface area contributed by atoms with Crippen molar-refractivity contribution in [1.82, 2.24) is 57.2 Å². The summed E-state index contributed by atoms with van der Waals surface area (Å²) < 4.78 is 41.2. The second-order valence-corrected chi connectivity index (χ2v) is 30.2. The van der Waals surface area contributed by atoms with Gasteiger partial charge in [-0.15, -0.1) is 0 Å². The van der Waals surface area contributed by atoms with E-state index in [1.165, 1.54) is 48.7 Å². The van der Waals surface area contributed by atoms with Crippen LogP contribution in [0.25, 0.3) is 11.2 Å². The molecule has 0 radical (unpaired) electrons. The monoisotopic (exact) mass is 1650 g/mol. The number of hydrogen-bond donors (Lipinski definition) is 17. The largest absolute Gasteiger partial charge is 0.509 e. The Balaban J connectivity index is 0.834. The minimum absolute atomic E-state index is 0.0238. The molecule has 8 rings (SSSR count). The fraction of sp³-hybridized carbons (Fsp3) is 0.514. The molecule has 0 unspecified atom stereocenters. The highest BCUT2D eigenvalue weighted by Crippen LogP contribution is 2.72. The number of nitrogens with two attached hydrogens (primary N) is 2. The Bertz CT molecular complexity index is 4390. The molecule has 2 aromatic heterocycles. The number of carboxylic acid groups (broad SMARTS) is 5. The standard InChI is InChI=1S/C70H87N15O28S2/c1-33-16-18-69-31-109-64(105)54(34(2)17-20-107-51(93)8-4-5-9-52(94)112-44-27-46(111-45(69)23-33)70(32-110-70)68(44,69)3)113-67(106)108-21-22-114-115-30-43(63(103)104)83-60(99)42(26-50(91)92)82-59(98)41(25-49(89)90)81-57(96)38(7-6-19-74-65(71)72)79-58(97)40(24-48(87)88)78-47(86)15-14-39(62(101)102)80-56(95)35-10-12-36(13-11-35)75-28-37-29-76-55-53(77-37)61(100)85-66(73)84-55/h4-5,8-13,23,29,34,38-46,54,75H,6-7,14-22,24-28,30-32H2,1-3H3,(H,78,86)(H,79,97)(H,80,95)(H,81,96)(H,82,98)(H,83,99)(H,87,88)(H,89,90)(H,91,92)(H,101,102)(H,103,104)(H4,71,72,74)(H3,73,76,84,85,100)/b8-4+,9-5-/t34-,38+,39+,40+,41+,42+,43+,44-,45-,46-,54+,68-,69-,70+/m1/s1. The number of carbonyl (C=O) groups is 15.